The highest BCUT2D eigenvalue weighted by Crippen LogP contribution is 2.30. The number of piperazine rings is 1. The van der Waals surface area contributed by atoms with Gasteiger partial charge in [-0.25, -0.2) is 0 Å². The molecule has 9 heteroatoms. The number of methoxy groups -OCH3 is 1. The first kappa shape index (κ1) is 21.0. The van der Waals surface area contributed by atoms with Crippen molar-refractivity contribution in [1.29, 1.82) is 0 Å². The molecular weight excluding hydrogens is 417 g/mol. The number of rotatable bonds is 5. The number of anilines is 1. The fourth-order valence-corrected chi connectivity index (χ4v) is 3.46. The largest absolute Gasteiger partial charge is 0.496 e. The molecule has 0 saturated carbocycles. The molecular formula is C20H19Cl2N3O4. The minimum absolute atomic E-state index is 0.206. The number of hydrogen-bond donors (Lipinski definition) is 2. The van der Waals surface area contributed by atoms with E-state index in [1.165, 1.54) is 12.0 Å². The zero-order valence-electron chi connectivity index (χ0n) is 15.6. The zero-order valence-corrected chi connectivity index (χ0v) is 17.1. The first-order valence-corrected chi connectivity index (χ1v) is 9.63. The van der Waals surface area contributed by atoms with E-state index in [9.17, 15) is 14.4 Å². The molecule has 1 aliphatic heterocycles. The maximum atomic E-state index is 13.1. The maximum absolute atomic E-state index is 13.1. The average molecular weight is 436 g/mol. The third kappa shape index (κ3) is 4.63. The van der Waals surface area contributed by atoms with Crippen LogP contribution in [-0.2, 0) is 9.59 Å². The lowest BCUT2D eigenvalue weighted by Gasteiger charge is -2.35. The van der Waals surface area contributed by atoms with Gasteiger partial charge in [0.2, 0.25) is 11.8 Å². The molecule has 152 valence electrons. The Hall–Kier alpha value is -2.77. The van der Waals surface area contributed by atoms with Crippen molar-refractivity contribution in [2.45, 2.75) is 12.5 Å². The lowest BCUT2D eigenvalue weighted by Crippen LogP contribution is -2.58. The molecule has 29 heavy (non-hydrogen) atoms. The summed E-state index contributed by atoms with van der Waals surface area (Å²) in [5.74, 6) is -0.839. The zero-order chi connectivity index (χ0) is 21.0. The Morgan fingerprint density at radius 2 is 1.97 bits per heavy atom. The number of carbonyl (C=O) groups excluding carboxylic acids is 3. The van der Waals surface area contributed by atoms with Crippen molar-refractivity contribution in [1.82, 2.24) is 10.2 Å². The number of nitrogens with one attached hydrogen (secondary N) is 2. The van der Waals surface area contributed by atoms with Crippen LogP contribution in [0.25, 0.3) is 0 Å². The van der Waals surface area contributed by atoms with Crippen LogP contribution >= 0.6 is 23.2 Å². The number of nitrogens with zero attached hydrogens (tertiary/aromatic N) is 1. The molecule has 0 aromatic heterocycles. The van der Waals surface area contributed by atoms with Gasteiger partial charge in [-0.05, 0) is 24.3 Å². The molecule has 2 aromatic rings. The molecule has 2 aromatic carbocycles. The van der Waals surface area contributed by atoms with Crippen LogP contribution in [0.4, 0.5) is 5.69 Å². The molecule has 0 aliphatic carbocycles. The first-order valence-electron chi connectivity index (χ1n) is 8.88. The molecule has 1 atom stereocenters. The standard InChI is InChI=1S/C20H19Cl2N3O4/c1-29-16-8-3-2-5-12(16)20(28)25-10-9-23-19(27)15(25)11-17(26)24-14-7-4-6-13(21)18(14)22/h2-8,15H,9-11H2,1H3,(H,23,27)(H,24,26). The van der Waals surface area contributed by atoms with Gasteiger partial charge in [0, 0.05) is 13.1 Å². The minimum Gasteiger partial charge on any atom is -0.496 e. The summed E-state index contributed by atoms with van der Waals surface area (Å²) in [7, 11) is 1.47. The van der Waals surface area contributed by atoms with E-state index < -0.39 is 17.9 Å². The summed E-state index contributed by atoms with van der Waals surface area (Å²) in [4.78, 5) is 39.5. The Bertz CT molecular complexity index is 951. The van der Waals surface area contributed by atoms with Gasteiger partial charge in [-0.3, -0.25) is 14.4 Å². The Kier molecular flexibility index (Phi) is 6.61. The van der Waals surface area contributed by atoms with Gasteiger partial charge in [-0.15, -0.1) is 0 Å². The molecule has 0 bridgehead atoms. The number of halogens is 2. The second-order valence-electron chi connectivity index (χ2n) is 6.36. The number of carbonyl (C=O) groups is 3. The molecule has 1 unspecified atom stereocenters. The fraction of sp³-hybridized carbons (Fsp3) is 0.250. The second-order valence-corrected chi connectivity index (χ2v) is 7.14. The fourth-order valence-electron chi connectivity index (χ4n) is 3.11. The molecule has 1 fully saturated rings. The topological polar surface area (TPSA) is 87.7 Å². The predicted octanol–water partition coefficient (Wildman–Crippen LogP) is 2.97. The van der Waals surface area contributed by atoms with Crippen LogP contribution in [0.1, 0.15) is 16.8 Å². The molecule has 1 aliphatic rings. The summed E-state index contributed by atoms with van der Waals surface area (Å²) in [6.45, 7) is 0.580. The van der Waals surface area contributed by atoms with Crippen LogP contribution in [0.2, 0.25) is 10.0 Å². The Morgan fingerprint density at radius 1 is 1.21 bits per heavy atom. The van der Waals surface area contributed by atoms with Gasteiger partial charge in [-0.2, -0.15) is 0 Å². The van der Waals surface area contributed by atoms with E-state index in [2.05, 4.69) is 10.6 Å². The minimum atomic E-state index is -0.959. The number of amides is 3. The Labute approximate surface area is 177 Å². The molecule has 0 spiro atoms. The van der Waals surface area contributed by atoms with Crippen molar-refractivity contribution < 1.29 is 19.1 Å². The summed E-state index contributed by atoms with van der Waals surface area (Å²) < 4.78 is 5.25. The lowest BCUT2D eigenvalue weighted by atomic mass is 10.1. The van der Waals surface area contributed by atoms with Crippen molar-refractivity contribution >= 4 is 46.6 Å². The van der Waals surface area contributed by atoms with Gasteiger partial charge in [0.25, 0.3) is 5.91 Å². The van der Waals surface area contributed by atoms with Crippen molar-refractivity contribution in [3.63, 3.8) is 0 Å². The molecule has 1 heterocycles. The van der Waals surface area contributed by atoms with E-state index in [1.807, 2.05) is 0 Å². The van der Waals surface area contributed by atoms with E-state index in [4.69, 9.17) is 27.9 Å². The third-order valence-corrected chi connectivity index (χ3v) is 5.35. The van der Waals surface area contributed by atoms with Crippen LogP contribution in [0.3, 0.4) is 0 Å². The smallest absolute Gasteiger partial charge is 0.258 e. The van der Waals surface area contributed by atoms with E-state index in [0.29, 0.717) is 28.6 Å². The molecule has 7 nitrogen and oxygen atoms in total. The highest BCUT2D eigenvalue weighted by atomic mass is 35.5. The van der Waals surface area contributed by atoms with Crippen LogP contribution in [0, 0.1) is 0 Å². The normalized spacial score (nSPS) is 16.2. The predicted molar refractivity (Wildman–Crippen MR) is 111 cm³/mol. The number of para-hydroxylation sites is 1. The van der Waals surface area contributed by atoms with Crippen LogP contribution < -0.4 is 15.4 Å². The quantitative estimate of drug-likeness (QED) is 0.755. The van der Waals surface area contributed by atoms with E-state index in [0.717, 1.165) is 0 Å². The van der Waals surface area contributed by atoms with E-state index in [1.54, 1.807) is 42.5 Å². The third-order valence-electron chi connectivity index (χ3n) is 4.53. The van der Waals surface area contributed by atoms with Gasteiger partial charge in [0.15, 0.2) is 0 Å². The molecule has 0 radical (unpaired) electrons. The van der Waals surface area contributed by atoms with Crippen molar-refractivity contribution in [2.24, 2.45) is 0 Å². The van der Waals surface area contributed by atoms with Gasteiger partial charge in [-0.1, -0.05) is 41.4 Å². The monoisotopic (exact) mass is 435 g/mol. The number of benzene rings is 2. The lowest BCUT2D eigenvalue weighted by molar-refractivity contribution is -0.131. The Morgan fingerprint density at radius 3 is 2.72 bits per heavy atom. The highest BCUT2D eigenvalue weighted by Gasteiger charge is 2.36. The second kappa shape index (κ2) is 9.15. The van der Waals surface area contributed by atoms with Gasteiger partial charge in [0.05, 0.1) is 34.8 Å². The maximum Gasteiger partial charge on any atom is 0.258 e. The number of ether oxygens (including phenoxy) is 1. The molecule has 3 rings (SSSR count). The highest BCUT2D eigenvalue weighted by molar-refractivity contribution is 6.44. The summed E-state index contributed by atoms with van der Waals surface area (Å²) in [5.41, 5.74) is 0.663. The van der Waals surface area contributed by atoms with Crippen LogP contribution in [0.15, 0.2) is 42.5 Å². The van der Waals surface area contributed by atoms with E-state index >= 15 is 0 Å². The van der Waals surface area contributed by atoms with Crippen molar-refractivity contribution in [3.05, 3.63) is 58.1 Å². The van der Waals surface area contributed by atoms with Gasteiger partial charge < -0.3 is 20.3 Å². The van der Waals surface area contributed by atoms with Crippen molar-refractivity contribution in [3.8, 4) is 5.75 Å². The van der Waals surface area contributed by atoms with Crippen LogP contribution in [-0.4, -0.2) is 48.9 Å². The van der Waals surface area contributed by atoms with Gasteiger partial charge in [0.1, 0.15) is 11.8 Å². The first-order chi connectivity index (χ1) is 13.9. The average Bonchev–Trinajstić information content (AvgIpc) is 2.72. The number of hydrogen-bond acceptors (Lipinski definition) is 4. The summed E-state index contributed by atoms with van der Waals surface area (Å²) in [6, 6.07) is 10.6. The van der Waals surface area contributed by atoms with E-state index in [-0.39, 0.29) is 23.9 Å². The SMILES string of the molecule is COc1ccccc1C(=O)N1CCNC(=O)C1CC(=O)Nc1cccc(Cl)c1Cl. The summed E-state index contributed by atoms with van der Waals surface area (Å²) >= 11 is 12.1. The Balaban J connectivity index is 1.79. The van der Waals surface area contributed by atoms with Crippen LogP contribution in [0.5, 0.6) is 5.75 Å². The molecule has 1 saturated heterocycles. The van der Waals surface area contributed by atoms with Crippen molar-refractivity contribution in [2.75, 3.05) is 25.5 Å². The van der Waals surface area contributed by atoms with Gasteiger partial charge >= 0.3 is 0 Å². The summed E-state index contributed by atoms with van der Waals surface area (Å²) in [6.07, 6.45) is -0.227. The molecule has 2 N–H and O–H groups in total. The summed E-state index contributed by atoms with van der Waals surface area (Å²) in [5, 5.41) is 5.84. The molecule has 3 amide bonds.